The Hall–Kier alpha value is -0.910. The Kier molecular flexibility index (Phi) is 5.87. The minimum atomic E-state index is 0.159. The molecule has 1 saturated heterocycles. The van der Waals surface area contributed by atoms with Crippen molar-refractivity contribution in [2.45, 2.75) is 45.1 Å². The highest BCUT2D eigenvalue weighted by Gasteiger charge is 2.27. The van der Waals surface area contributed by atoms with Crippen LogP contribution in [0, 0.1) is 12.8 Å². The van der Waals surface area contributed by atoms with E-state index in [0.717, 1.165) is 50.8 Å². The molecule has 1 aromatic rings. The van der Waals surface area contributed by atoms with Gasteiger partial charge in [0.25, 0.3) is 0 Å². The molecule has 2 heterocycles. The molecule has 0 radical (unpaired) electrons. The van der Waals surface area contributed by atoms with Gasteiger partial charge in [0, 0.05) is 25.3 Å². The van der Waals surface area contributed by atoms with Crippen molar-refractivity contribution in [2.75, 3.05) is 39.5 Å². The molecule has 22 heavy (non-hydrogen) atoms. The first-order valence-corrected chi connectivity index (χ1v) is 8.76. The summed E-state index contributed by atoms with van der Waals surface area (Å²) in [5, 5.41) is 7.54. The van der Waals surface area contributed by atoms with Crippen molar-refractivity contribution in [1.29, 1.82) is 0 Å². The van der Waals surface area contributed by atoms with Crippen LogP contribution in [0.4, 0.5) is 0 Å². The molecule has 0 spiro atoms. The number of aromatic nitrogens is 2. The van der Waals surface area contributed by atoms with E-state index in [4.69, 9.17) is 9.47 Å². The van der Waals surface area contributed by atoms with Crippen LogP contribution in [0.1, 0.15) is 49.6 Å². The molecule has 1 aliphatic carbocycles. The van der Waals surface area contributed by atoms with Gasteiger partial charge in [0.15, 0.2) is 0 Å². The van der Waals surface area contributed by atoms with Crippen molar-refractivity contribution in [3.8, 4) is 0 Å². The van der Waals surface area contributed by atoms with Gasteiger partial charge in [-0.25, -0.2) is 0 Å². The summed E-state index contributed by atoms with van der Waals surface area (Å²) >= 11 is 0. The Morgan fingerprint density at radius 1 is 1.32 bits per heavy atom. The minimum absolute atomic E-state index is 0.159. The third-order valence-corrected chi connectivity index (χ3v) is 4.90. The predicted octanol–water partition coefficient (Wildman–Crippen LogP) is 2.69. The van der Waals surface area contributed by atoms with E-state index in [1.165, 1.54) is 32.1 Å². The van der Waals surface area contributed by atoms with Crippen LogP contribution < -0.4 is 0 Å². The van der Waals surface area contributed by atoms with Gasteiger partial charge in [0.1, 0.15) is 6.10 Å². The zero-order valence-corrected chi connectivity index (χ0v) is 13.7. The number of ether oxygens (including phenoxy) is 2. The number of hydrogen-bond donors (Lipinski definition) is 1. The standard InChI is InChI=1S/C17H29N3O2/c1-14-13-16(19-18-14)17(15-5-3-2-4-6-15)22-12-9-20-7-10-21-11-8-20/h13,15,17H,2-12H2,1H3,(H,18,19). The van der Waals surface area contributed by atoms with E-state index < -0.39 is 0 Å². The summed E-state index contributed by atoms with van der Waals surface area (Å²) in [4.78, 5) is 2.43. The normalized spacial score (nSPS) is 22.8. The molecule has 5 heteroatoms. The van der Waals surface area contributed by atoms with Crippen LogP contribution in [0.2, 0.25) is 0 Å². The average molecular weight is 307 g/mol. The van der Waals surface area contributed by atoms with Crippen LogP contribution >= 0.6 is 0 Å². The lowest BCUT2D eigenvalue weighted by molar-refractivity contribution is -0.0274. The minimum Gasteiger partial charge on any atom is -0.379 e. The number of rotatable bonds is 6. The Bertz CT molecular complexity index is 437. The number of aryl methyl sites for hydroxylation is 1. The van der Waals surface area contributed by atoms with Gasteiger partial charge in [0.05, 0.1) is 25.5 Å². The number of morpholine rings is 1. The smallest absolute Gasteiger partial charge is 0.104 e. The Balaban J connectivity index is 1.55. The highest BCUT2D eigenvalue weighted by molar-refractivity contribution is 5.11. The van der Waals surface area contributed by atoms with Crippen molar-refractivity contribution in [1.82, 2.24) is 15.1 Å². The molecule has 1 saturated carbocycles. The van der Waals surface area contributed by atoms with E-state index in [-0.39, 0.29) is 6.10 Å². The zero-order chi connectivity index (χ0) is 15.2. The van der Waals surface area contributed by atoms with Crippen LogP contribution in [0.25, 0.3) is 0 Å². The molecule has 124 valence electrons. The SMILES string of the molecule is Cc1cc(C(OCCN2CCOCC2)C2CCCCC2)n[nH]1. The molecular formula is C17H29N3O2. The summed E-state index contributed by atoms with van der Waals surface area (Å²) in [7, 11) is 0. The first-order chi connectivity index (χ1) is 10.8. The summed E-state index contributed by atoms with van der Waals surface area (Å²) < 4.78 is 11.7. The molecule has 0 aromatic carbocycles. The van der Waals surface area contributed by atoms with Crippen molar-refractivity contribution in [2.24, 2.45) is 5.92 Å². The highest BCUT2D eigenvalue weighted by Crippen LogP contribution is 2.36. The van der Waals surface area contributed by atoms with Crippen LogP contribution in [-0.4, -0.2) is 54.6 Å². The van der Waals surface area contributed by atoms with Crippen LogP contribution in [0.3, 0.4) is 0 Å². The molecule has 1 N–H and O–H groups in total. The van der Waals surface area contributed by atoms with E-state index in [9.17, 15) is 0 Å². The van der Waals surface area contributed by atoms with Crippen LogP contribution in [0.15, 0.2) is 6.07 Å². The molecule has 2 fully saturated rings. The van der Waals surface area contributed by atoms with E-state index in [0.29, 0.717) is 5.92 Å². The van der Waals surface area contributed by atoms with Gasteiger partial charge in [-0.2, -0.15) is 5.10 Å². The first-order valence-electron chi connectivity index (χ1n) is 8.76. The Morgan fingerprint density at radius 3 is 2.77 bits per heavy atom. The van der Waals surface area contributed by atoms with E-state index >= 15 is 0 Å². The maximum atomic E-state index is 6.32. The fourth-order valence-corrected chi connectivity index (χ4v) is 3.62. The van der Waals surface area contributed by atoms with Crippen molar-refractivity contribution in [3.63, 3.8) is 0 Å². The summed E-state index contributed by atoms with van der Waals surface area (Å²) in [5.41, 5.74) is 2.21. The van der Waals surface area contributed by atoms with Gasteiger partial charge >= 0.3 is 0 Å². The first kappa shape index (κ1) is 16.0. The topological polar surface area (TPSA) is 50.4 Å². The van der Waals surface area contributed by atoms with Gasteiger partial charge in [-0.05, 0) is 31.7 Å². The van der Waals surface area contributed by atoms with Crippen molar-refractivity contribution >= 4 is 0 Å². The van der Waals surface area contributed by atoms with Gasteiger partial charge in [-0.1, -0.05) is 19.3 Å². The summed E-state index contributed by atoms with van der Waals surface area (Å²) in [6, 6.07) is 2.15. The van der Waals surface area contributed by atoms with E-state index in [1.54, 1.807) is 0 Å². The second kappa shape index (κ2) is 8.09. The van der Waals surface area contributed by atoms with E-state index in [2.05, 4.69) is 28.1 Å². The molecule has 3 rings (SSSR count). The molecule has 5 nitrogen and oxygen atoms in total. The Morgan fingerprint density at radius 2 is 2.09 bits per heavy atom. The zero-order valence-electron chi connectivity index (χ0n) is 13.7. The molecule has 2 aliphatic rings. The van der Waals surface area contributed by atoms with Gasteiger partial charge in [-0.3, -0.25) is 10.00 Å². The van der Waals surface area contributed by atoms with Gasteiger partial charge < -0.3 is 9.47 Å². The molecule has 1 unspecified atom stereocenters. The quantitative estimate of drug-likeness (QED) is 0.878. The van der Waals surface area contributed by atoms with Crippen molar-refractivity contribution < 1.29 is 9.47 Å². The fourth-order valence-electron chi connectivity index (χ4n) is 3.62. The largest absolute Gasteiger partial charge is 0.379 e. The average Bonchev–Trinajstić information content (AvgIpc) is 2.99. The summed E-state index contributed by atoms with van der Waals surface area (Å²) in [6.07, 6.45) is 6.74. The number of nitrogens with one attached hydrogen (secondary N) is 1. The summed E-state index contributed by atoms with van der Waals surface area (Å²) in [6.45, 7) is 7.60. The molecule has 0 bridgehead atoms. The second-order valence-electron chi connectivity index (χ2n) is 6.62. The lowest BCUT2D eigenvalue weighted by atomic mass is 9.84. The molecule has 0 amide bonds. The highest BCUT2D eigenvalue weighted by atomic mass is 16.5. The van der Waals surface area contributed by atoms with Crippen LogP contribution in [0.5, 0.6) is 0 Å². The summed E-state index contributed by atoms with van der Waals surface area (Å²) in [5.74, 6) is 0.626. The lowest BCUT2D eigenvalue weighted by Crippen LogP contribution is -2.38. The van der Waals surface area contributed by atoms with E-state index in [1.807, 2.05) is 0 Å². The third-order valence-electron chi connectivity index (χ3n) is 4.90. The Labute approximate surface area is 133 Å². The van der Waals surface area contributed by atoms with Gasteiger partial charge in [0.2, 0.25) is 0 Å². The molecule has 1 aromatic heterocycles. The second-order valence-corrected chi connectivity index (χ2v) is 6.62. The predicted molar refractivity (Wildman–Crippen MR) is 85.9 cm³/mol. The molecule has 1 aliphatic heterocycles. The maximum Gasteiger partial charge on any atom is 0.104 e. The molecule has 1 atom stereocenters. The number of nitrogens with zero attached hydrogens (tertiary/aromatic N) is 2. The third kappa shape index (κ3) is 4.31. The fraction of sp³-hybridized carbons (Fsp3) is 0.824. The van der Waals surface area contributed by atoms with Crippen LogP contribution in [-0.2, 0) is 9.47 Å². The molecular weight excluding hydrogens is 278 g/mol. The lowest BCUT2D eigenvalue weighted by Gasteiger charge is -2.31. The van der Waals surface area contributed by atoms with Crippen molar-refractivity contribution in [3.05, 3.63) is 17.5 Å². The number of H-pyrrole nitrogens is 1. The maximum absolute atomic E-state index is 6.32. The number of aromatic amines is 1. The monoisotopic (exact) mass is 307 g/mol. The number of hydrogen-bond acceptors (Lipinski definition) is 4. The van der Waals surface area contributed by atoms with Gasteiger partial charge in [-0.15, -0.1) is 0 Å².